The zero-order valence-electron chi connectivity index (χ0n) is 11.0. The van der Waals surface area contributed by atoms with Gasteiger partial charge in [-0.2, -0.15) is 0 Å². The maximum atomic E-state index is 5.44. The summed E-state index contributed by atoms with van der Waals surface area (Å²) in [5.74, 6) is 2.55. The van der Waals surface area contributed by atoms with Gasteiger partial charge in [0, 0.05) is 11.8 Å². The minimum Gasteiger partial charge on any atom is -0.454 e. The Morgan fingerprint density at radius 3 is 3.10 bits per heavy atom. The lowest BCUT2D eigenvalue weighted by Crippen LogP contribution is -2.22. The topological polar surface area (TPSA) is 56.3 Å². The van der Waals surface area contributed by atoms with E-state index in [2.05, 4.69) is 34.6 Å². The summed E-state index contributed by atoms with van der Waals surface area (Å²) in [4.78, 5) is 0. The predicted octanol–water partition coefficient (Wildman–Crippen LogP) is 2.71. The van der Waals surface area contributed by atoms with Crippen LogP contribution in [-0.4, -0.2) is 29.3 Å². The third-order valence-corrected chi connectivity index (χ3v) is 4.92. The first-order valence-corrected chi connectivity index (χ1v) is 8.25. The van der Waals surface area contributed by atoms with Crippen molar-refractivity contribution in [1.29, 1.82) is 0 Å². The van der Waals surface area contributed by atoms with Gasteiger partial charge in [-0.15, -0.1) is 10.2 Å². The van der Waals surface area contributed by atoms with Gasteiger partial charge in [-0.25, -0.2) is 0 Å². The molecule has 1 atom stereocenters. The molecule has 0 saturated heterocycles. The first kappa shape index (κ1) is 13.7. The highest BCUT2D eigenvalue weighted by Gasteiger charge is 2.18. The normalized spacial score (nSPS) is 14.4. The monoisotopic (exact) mass is 309 g/mol. The van der Waals surface area contributed by atoms with Crippen molar-refractivity contribution in [1.82, 2.24) is 15.5 Å². The fourth-order valence-corrected chi connectivity index (χ4v) is 3.64. The number of hydrogen-bond acceptors (Lipinski definition) is 7. The molecule has 0 saturated carbocycles. The molecule has 3 rings (SSSR count). The number of rotatable bonds is 6. The Labute approximate surface area is 125 Å². The number of benzene rings is 1. The molecule has 1 N–H and O–H groups in total. The molecule has 7 heteroatoms. The molecule has 0 spiro atoms. The molecule has 0 radical (unpaired) electrons. The molecule has 0 amide bonds. The second-order valence-corrected chi connectivity index (χ2v) is 6.34. The van der Waals surface area contributed by atoms with Gasteiger partial charge in [0.05, 0.1) is 0 Å². The standard InChI is InChI=1S/C13H15N3O2S2/c1-2-14-10(6-19-13-16-15-7-20-13)9-3-4-11-12(5-9)18-8-17-11/h3-5,7,10,14H,2,6,8H2,1H3. The van der Waals surface area contributed by atoms with Crippen molar-refractivity contribution in [2.24, 2.45) is 0 Å². The van der Waals surface area contributed by atoms with E-state index in [0.717, 1.165) is 28.1 Å². The molecule has 0 bridgehead atoms. The van der Waals surface area contributed by atoms with Gasteiger partial charge in [-0.3, -0.25) is 0 Å². The van der Waals surface area contributed by atoms with Gasteiger partial charge >= 0.3 is 0 Å². The summed E-state index contributed by atoms with van der Waals surface area (Å²) in [7, 11) is 0. The summed E-state index contributed by atoms with van der Waals surface area (Å²) in [6.07, 6.45) is 0. The van der Waals surface area contributed by atoms with Crippen molar-refractivity contribution in [2.45, 2.75) is 17.3 Å². The van der Waals surface area contributed by atoms with E-state index in [1.807, 2.05) is 6.07 Å². The van der Waals surface area contributed by atoms with Crippen molar-refractivity contribution in [2.75, 3.05) is 19.1 Å². The van der Waals surface area contributed by atoms with Crippen LogP contribution in [-0.2, 0) is 0 Å². The van der Waals surface area contributed by atoms with E-state index in [1.165, 1.54) is 5.56 Å². The van der Waals surface area contributed by atoms with E-state index in [0.29, 0.717) is 6.79 Å². The molecule has 1 unspecified atom stereocenters. The molecule has 1 aliphatic rings. The first-order valence-electron chi connectivity index (χ1n) is 6.38. The zero-order valence-corrected chi connectivity index (χ0v) is 12.7. The number of ether oxygens (including phenoxy) is 2. The molecule has 20 heavy (non-hydrogen) atoms. The van der Waals surface area contributed by atoms with Crippen LogP contribution < -0.4 is 14.8 Å². The Hall–Kier alpha value is -1.31. The van der Waals surface area contributed by atoms with E-state index >= 15 is 0 Å². The van der Waals surface area contributed by atoms with Crippen LogP contribution in [0.4, 0.5) is 0 Å². The maximum absolute atomic E-state index is 5.44. The van der Waals surface area contributed by atoms with Crippen molar-refractivity contribution in [3.05, 3.63) is 29.3 Å². The van der Waals surface area contributed by atoms with Crippen LogP contribution in [0.3, 0.4) is 0 Å². The minimum atomic E-state index is 0.253. The number of aromatic nitrogens is 2. The van der Waals surface area contributed by atoms with Gasteiger partial charge in [-0.05, 0) is 24.2 Å². The number of nitrogens with one attached hydrogen (secondary N) is 1. The van der Waals surface area contributed by atoms with Crippen LogP contribution in [0.2, 0.25) is 0 Å². The smallest absolute Gasteiger partial charge is 0.231 e. The molecule has 0 fully saturated rings. The second-order valence-electron chi connectivity index (χ2n) is 4.24. The van der Waals surface area contributed by atoms with E-state index < -0.39 is 0 Å². The Bertz CT molecular complexity index is 563. The van der Waals surface area contributed by atoms with E-state index in [4.69, 9.17) is 9.47 Å². The molecule has 2 heterocycles. The third kappa shape index (κ3) is 3.05. The SMILES string of the molecule is CCNC(CSc1nncs1)c1ccc2c(c1)OCO2. The van der Waals surface area contributed by atoms with Gasteiger partial charge in [0.15, 0.2) is 15.8 Å². The summed E-state index contributed by atoms with van der Waals surface area (Å²) in [6, 6.07) is 6.36. The van der Waals surface area contributed by atoms with E-state index in [9.17, 15) is 0 Å². The quantitative estimate of drug-likeness (QED) is 0.828. The molecule has 1 aliphatic heterocycles. The van der Waals surface area contributed by atoms with Gasteiger partial charge in [-0.1, -0.05) is 36.1 Å². The fraction of sp³-hybridized carbons (Fsp3) is 0.385. The second kappa shape index (κ2) is 6.43. The van der Waals surface area contributed by atoms with Crippen molar-refractivity contribution >= 4 is 23.1 Å². The Morgan fingerprint density at radius 1 is 1.40 bits per heavy atom. The third-order valence-electron chi connectivity index (χ3n) is 2.96. The van der Waals surface area contributed by atoms with Crippen LogP contribution in [0.15, 0.2) is 28.0 Å². The highest BCUT2D eigenvalue weighted by Crippen LogP contribution is 2.35. The van der Waals surface area contributed by atoms with Crippen LogP contribution in [0, 0.1) is 0 Å². The number of hydrogen-bond donors (Lipinski definition) is 1. The van der Waals surface area contributed by atoms with Gasteiger partial charge < -0.3 is 14.8 Å². The van der Waals surface area contributed by atoms with Crippen molar-refractivity contribution < 1.29 is 9.47 Å². The average molecular weight is 309 g/mol. The molecule has 2 aromatic rings. The van der Waals surface area contributed by atoms with Crippen LogP contribution >= 0.6 is 23.1 Å². The molecule has 106 valence electrons. The number of fused-ring (bicyclic) bond motifs is 1. The zero-order chi connectivity index (χ0) is 13.8. The summed E-state index contributed by atoms with van der Waals surface area (Å²) in [5, 5.41) is 11.4. The Morgan fingerprint density at radius 2 is 2.30 bits per heavy atom. The summed E-state index contributed by atoms with van der Waals surface area (Å²) in [5.41, 5.74) is 2.96. The summed E-state index contributed by atoms with van der Waals surface area (Å²) < 4.78 is 11.8. The fourth-order valence-electron chi connectivity index (χ4n) is 2.03. The minimum absolute atomic E-state index is 0.253. The lowest BCUT2D eigenvalue weighted by atomic mass is 10.1. The lowest BCUT2D eigenvalue weighted by molar-refractivity contribution is 0.174. The molecular weight excluding hydrogens is 294 g/mol. The average Bonchev–Trinajstić information content (AvgIpc) is 3.13. The highest BCUT2D eigenvalue weighted by molar-refractivity contribution is 8.01. The molecule has 1 aromatic heterocycles. The van der Waals surface area contributed by atoms with Crippen LogP contribution in [0.1, 0.15) is 18.5 Å². The maximum Gasteiger partial charge on any atom is 0.231 e. The van der Waals surface area contributed by atoms with Crippen LogP contribution in [0.25, 0.3) is 0 Å². The van der Waals surface area contributed by atoms with Gasteiger partial charge in [0.1, 0.15) is 5.51 Å². The van der Waals surface area contributed by atoms with Crippen LogP contribution in [0.5, 0.6) is 11.5 Å². The highest BCUT2D eigenvalue weighted by atomic mass is 32.2. The van der Waals surface area contributed by atoms with Crippen molar-refractivity contribution in [3.63, 3.8) is 0 Å². The summed E-state index contributed by atoms with van der Waals surface area (Å²) >= 11 is 3.28. The molecular formula is C13H15N3O2S2. The van der Waals surface area contributed by atoms with E-state index in [-0.39, 0.29) is 6.04 Å². The van der Waals surface area contributed by atoms with Gasteiger partial charge in [0.25, 0.3) is 0 Å². The number of thioether (sulfide) groups is 1. The Balaban J connectivity index is 1.72. The van der Waals surface area contributed by atoms with Crippen molar-refractivity contribution in [3.8, 4) is 11.5 Å². The molecule has 1 aromatic carbocycles. The first-order chi connectivity index (χ1) is 9.86. The predicted molar refractivity (Wildman–Crippen MR) is 79.6 cm³/mol. The molecule has 5 nitrogen and oxygen atoms in total. The number of nitrogens with zero attached hydrogens (tertiary/aromatic N) is 2. The van der Waals surface area contributed by atoms with E-state index in [1.54, 1.807) is 28.6 Å². The van der Waals surface area contributed by atoms with Gasteiger partial charge in [0.2, 0.25) is 6.79 Å². The molecule has 0 aliphatic carbocycles. The summed E-state index contributed by atoms with van der Waals surface area (Å²) in [6.45, 7) is 3.33. The largest absolute Gasteiger partial charge is 0.454 e. The lowest BCUT2D eigenvalue weighted by Gasteiger charge is -2.17. The Kier molecular flexibility index (Phi) is 4.39.